The predicted octanol–water partition coefficient (Wildman–Crippen LogP) is 2.94. The lowest BCUT2D eigenvalue weighted by molar-refractivity contribution is -0.129. The van der Waals surface area contributed by atoms with Gasteiger partial charge in [-0.15, -0.1) is 0 Å². The van der Waals surface area contributed by atoms with Gasteiger partial charge in [0.05, 0.1) is 7.11 Å². The molecule has 1 aliphatic heterocycles. The molecule has 1 aliphatic rings. The minimum Gasteiger partial charge on any atom is -0.497 e. The first-order chi connectivity index (χ1) is 10.2. The van der Waals surface area contributed by atoms with Crippen LogP contribution in [0.5, 0.6) is 5.75 Å². The van der Waals surface area contributed by atoms with Gasteiger partial charge in [0.25, 0.3) is 0 Å². The number of carbonyl (C=O) groups is 1. The highest BCUT2D eigenvalue weighted by atomic mass is 16.6. The van der Waals surface area contributed by atoms with Gasteiger partial charge in [0, 0.05) is 11.6 Å². The zero-order valence-corrected chi connectivity index (χ0v) is 11.6. The first-order valence-electron chi connectivity index (χ1n) is 6.39. The number of hydrogen-bond acceptors (Lipinski definition) is 5. The van der Waals surface area contributed by atoms with E-state index in [9.17, 15) is 4.79 Å². The van der Waals surface area contributed by atoms with Crippen LogP contribution in [0.15, 0.2) is 51.5 Å². The van der Waals surface area contributed by atoms with Crippen molar-refractivity contribution in [1.29, 1.82) is 0 Å². The summed E-state index contributed by atoms with van der Waals surface area (Å²) >= 11 is 0. The highest BCUT2D eigenvalue weighted by molar-refractivity contribution is 6.12. The molecular weight excluding hydrogens is 270 g/mol. The van der Waals surface area contributed by atoms with Gasteiger partial charge in [-0.3, -0.25) is 0 Å². The maximum atomic E-state index is 11.8. The zero-order chi connectivity index (χ0) is 14.8. The zero-order valence-electron chi connectivity index (χ0n) is 11.6. The van der Waals surface area contributed by atoms with E-state index in [0.717, 1.165) is 5.76 Å². The lowest BCUT2D eigenvalue weighted by Gasteiger charge is -2.02. The molecule has 2 aromatic rings. The summed E-state index contributed by atoms with van der Waals surface area (Å²) in [5, 5.41) is 0. The Morgan fingerprint density at radius 3 is 2.81 bits per heavy atom. The third-order valence-electron chi connectivity index (χ3n) is 2.98. The van der Waals surface area contributed by atoms with Crippen molar-refractivity contribution < 1.29 is 18.7 Å². The molecule has 2 heterocycles. The van der Waals surface area contributed by atoms with Crippen molar-refractivity contribution in [2.45, 2.75) is 6.92 Å². The molecule has 0 N–H and O–H groups in total. The molecule has 0 fully saturated rings. The van der Waals surface area contributed by atoms with Gasteiger partial charge >= 0.3 is 5.97 Å². The van der Waals surface area contributed by atoms with Crippen molar-refractivity contribution in [1.82, 2.24) is 0 Å². The monoisotopic (exact) mass is 283 g/mol. The Balaban J connectivity index is 1.93. The second-order valence-electron chi connectivity index (χ2n) is 4.52. The van der Waals surface area contributed by atoms with Gasteiger partial charge in [-0.2, -0.15) is 0 Å². The largest absolute Gasteiger partial charge is 0.497 e. The van der Waals surface area contributed by atoms with Crippen LogP contribution < -0.4 is 4.74 Å². The number of methoxy groups -OCH3 is 1. The Morgan fingerprint density at radius 1 is 1.24 bits per heavy atom. The summed E-state index contributed by atoms with van der Waals surface area (Å²) in [6.07, 6.45) is 1.56. The summed E-state index contributed by atoms with van der Waals surface area (Å²) in [6.45, 7) is 1.83. The number of hydrogen-bond donors (Lipinski definition) is 0. The van der Waals surface area contributed by atoms with E-state index in [1.54, 1.807) is 31.4 Å². The molecule has 1 aromatic heterocycles. The summed E-state index contributed by atoms with van der Waals surface area (Å²) in [4.78, 5) is 16.1. The minimum atomic E-state index is -0.498. The van der Waals surface area contributed by atoms with Crippen LogP contribution >= 0.6 is 0 Å². The topological polar surface area (TPSA) is 61.0 Å². The fourth-order valence-electron chi connectivity index (χ4n) is 1.95. The molecule has 5 heteroatoms. The molecule has 0 aliphatic carbocycles. The first kappa shape index (κ1) is 13.2. The lowest BCUT2D eigenvalue weighted by atomic mass is 10.2. The molecule has 106 valence electrons. The number of cyclic esters (lactones) is 1. The van der Waals surface area contributed by atoms with E-state index >= 15 is 0 Å². The van der Waals surface area contributed by atoms with Gasteiger partial charge in [0.1, 0.15) is 17.3 Å². The minimum absolute atomic E-state index is 0.210. The van der Waals surface area contributed by atoms with Crippen LogP contribution in [0.25, 0.3) is 6.08 Å². The van der Waals surface area contributed by atoms with Crippen LogP contribution in [0.4, 0.5) is 0 Å². The predicted molar refractivity (Wildman–Crippen MR) is 77.0 cm³/mol. The van der Waals surface area contributed by atoms with Crippen LogP contribution in [0, 0.1) is 6.92 Å². The SMILES string of the molecule is COc1cccc(C2=N/C(=C\c3ccc(C)o3)C(=O)O2)c1. The highest BCUT2D eigenvalue weighted by Crippen LogP contribution is 2.22. The summed E-state index contributed by atoms with van der Waals surface area (Å²) in [5.41, 5.74) is 0.892. The van der Waals surface area contributed by atoms with Crippen LogP contribution in [-0.4, -0.2) is 19.0 Å². The van der Waals surface area contributed by atoms with E-state index in [-0.39, 0.29) is 11.6 Å². The Bertz CT molecular complexity index is 755. The smallest absolute Gasteiger partial charge is 0.363 e. The number of esters is 1. The third-order valence-corrected chi connectivity index (χ3v) is 2.98. The Morgan fingerprint density at radius 2 is 2.10 bits per heavy atom. The maximum Gasteiger partial charge on any atom is 0.363 e. The molecule has 0 spiro atoms. The normalized spacial score (nSPS) is 16.0. The molecule has 0 bridgehead atoms. The van der Waals surface area contributed by atoms with Crippen molar-refractivity contribution in [3.63, 3.8) is 0 Å². The van der Waals surface area contributed by atoms with Crippen molar-refractivity contribution >= 4 is 17.9 Å². The lowest BCUT2D eigenvalue weighted by Crippen LogP contribution is -2.05. The summed E-state index contributed by atoms with van der Waals surface area (Å²) < 4.78 is 15.7. The summed E-state index contributed by atoms with van der Waals surface area (Å²) in [6, 6.07) is 10.8. The van der Waals surface area contributed by atoms with E-state index in [1.165, 1.54) is 0 Å². The van der Waals surface area contributed by atoms with Gasteiger partial charge in [-0.05, 0) is 37.3 Å². The molecule has 0 saturated carbocycles. The van der Waals surface area contributed by atoms with Gasteiger partial charge in [-0.1, -0.05) is 6.07 Å². The summed E-state index contributed by atoms with van der Waals surface area (Å²) in [7, 11) is 1.58. The Hall–Kier alpha value is -2.82. The first-order valence-corrected chi connectivity index (χ1v) is 6.39. The number of rotatable bonds is 3. The van der Waals surface area contributed by atoms with Gasteiger partial charge in [0.2, 0.25) is 5.90 Å². The van der Waals surface area contributed by atoms with Gasteiger partial charge in [-0.25, -0.2) is 9.79 Å². The van der Waals surface area contributed by atoms with E-state index in [4.69, 9.17) is 13.9 Å². The molecule has 0 atom stereocenters. The van der Waals surface area contributed by atoms with Crippen molar-refractivity contribution in [2.24, 2.45) is 4.99 Å². The molecule has 1 aromatic carbocycles. The fraction of sp³-hybridized carbons (Fsp3) is 0.125. The maximum absolute atomic E-state index is 11.8. The van der Waals surface area contributed by atoms with E-state index < -0.39 is 5.97 Å². The molecule has 5 nitrogen and oxygen atoms in total. The fourth-order valence-corrected chi connectivity index (χ4v) is 1.95. The van der Waals surface area contributed by atoms with Crippen LogP contribution in [0.3, 0.4) is 0 Å². The van der Waals surface area contributed by atoms with E-state index in [1.807, 2.05) is 25.1 Å². The third kappa shape index (κ3) is 2.72. The number of ether oxygens (including phenoxy) is 2. The second-order valence-corrected chi connectivity index (χ2v) is 4.52. The van der Waals surface area contributed by atoms with E-state index in [2.05, 4.69) is 4.99 Å². The molecule has 21 heavy (non-hydrogen) atoms. The molecule has 0 unspecified atom stereocenters. The van der Waals surface area contributed by atoms with Gasteiger partial charge in [0.15, 0.2) is 5.70 Å². The average molecular weight is 283 g/mol. The second kappa shape index (κ2) is 5.28. The Kier molecular flexibility index (Phi) is 3.31. The molecule has 0 amide bonds. The number of furan rings is 1. The number of aliphatic imine (C=N–C) groups is 1. The van der Waals surface area contributed by atoms with Crippen LogP contribution in [0.1, 0.15) is 17.1 Å². The van der Waals surface area contributed by atoms with Crippen molar-refractivity contribution in [3.8, 4) is 5.75 Å². The van der Waals surface area contributed by atoms with Crippen molar-refractivity contribution in [3.05, 3.63) is 59.2 Å². The number of nitrogens with zero attached hydrogens (tertiary/aromatic N) is 1. The van der Waals surface area contributed by atoms with Crippen molar-refractivity contribution in [2.75, 3.05) is 7.11 Å². The number of carbonyl (C=O) groups excluding carboxylic acids is 1. The quantitative estimate of drug-likeness (QED) is 0.642. The molecule has 0 saturated heterocycles. The summed E-state index contributed by atoms with van der Waals surface area (Å²) in [5.74, 6) is 1.76. The van der Waals surface area contributed by atoms with E-state index in [0.29, 0.717) is 17.1 Å². The average Bonchev–Trinajstić information content (AvgIpc) is 3.06. The number of aryl methyl sites for hydroxylation is 1. The molecular formula is C16H13NO4. The van der Waals surface area contributed by atoms with Crippen LogP contribution in [-0.2, 0) is 9.53 Å². The van der Waals surface area contributed by atoms with Gasteiger partial charge < -0.3 is 13.9 Å². The molecule has 3 rings (SSSR count). The Labute approximate surface area is 121 Å². The molecule has 0 radical (unpaired) electrons. The standard InChI is InChI=1S/C16H13NO4/c1-10-6-7-13(20-10)9-14-16(18)21-15(17-14)11-4-3-5-12(8-11)19-2/h3-9H,1-2H3/b14-9-. The number of benzene rings is 1. The van der Waals surface area contributed by atoms with Crippen LogP contribution in [0.2, 0.25) is 0 Å². The highest BCUT2D eigenvalue weighted by Gasteiger charge is 2.24.